The van der Waals surface area contributed by atoms with Gasteiger partial charge >= 0.3 is 0 Å². The van der Waals surface area contributed by atoms with Crippen molar-refractivity contribution < 1.29 is 23.9 Å². The van der Waals surface area contributed by atoms with Crippen molar-refractivity contribution >= 4 is 29.1 Å². The van der Waals surface area contributed by atoms with Gasteiger partial charge in [0.1, 0.15) is 6.04 Å². The number of amides is 3. The monoisotopic (exact) mass is 471 g/mol. The van der Waals surface area contributed by atoms with E-state index >= 15 is 0 Å². The molecule has 2 aliphatic heterocycles. The Bertz CT molecular complexity index is 1000. The normalized spacial score (nSPS) is 17.3. The Labute approximate surface area is 197 Å². The first kappa shape index (κ1) is 23.1. The number of piperidine rings is 1. The molecule has 9 heteroatoms. The molecule has 1 saturated heterocycles. The van der Waals surface area contributed by atoms with Crippen molar-refractivity contribution in [1.82, 2.24) is 15.5 Å². The lowest BCUT2D eigenvalue weighted by Gasteiger charge is -2.36. The van der Waals surface area contributed by atoms with Gasteiger partial charge in [0.05, 0.1) is 4.88 Å². The summed E-state index contributed by atoms with van der Waals surface area (Å²) < 4.78 is 10.7. The second kappa shape index (κ2) is 10.2. The van der Waals surface area contributed by atoms with E-state index in [9.17, 15) is 14.4 Å². The molecule has 176 valence electrons. The third-order valence-corrected chi connectivity index (χ3v) is 7.10. The van der Waals surface area contributed by atoms with E-state index < -0.39 is 6.04 Å². The van der Waals surface area contributed by atoms with Crippen LogP contribution >= 0.6 is 11.3 Å². The molecule has 3 heterocycles. The Morgan fingerprint density at radius 1 is 1.12 bits per heavy atom. The van der Waals surface area contributed by atoms with Gasteiger partial charge in [0.2, 0.25) is 12.7 Å². The minimum Gasteiger partial charge on any atom is -0.454 e. The van der Waals surface area contributed by atoms with Crippen molar-refractivity contribution in [2.24, 2.45) is 5.92 Å². The molecule has 0 radical (unpaired) electrons. The van der Waals surface area contributed by atoms with E-state index in [2.05, 4.69) is 10.6 Å². The van der Waals surface area contributed by atoms with Gasteiger partial charge in [0.25, 0.3) is 11.8 Å². The van der Waals surface area contributed by atoms with Crippen LogP contribution in [-0.4, -0.2) is 54.6 Å². The maximum atomic E-state index is 13.0. The quantitative estimate of drug-likeness (QED) is 0.647. The first-order valence-corrected chi connectivity index (χ1v) is 12.2. The van der Waals surface area contributed by atoms with Crippen LogP contribution < -0.4 is 20.1 Å². The van der Waals surface area contributed by atoms with Gasteiger partial charge in [-0.1, -0.05) is 13.0 Å². The lowest BCUT2D eigenvalue weighted by Crippen LogP contribution is -2.55. The molecule has 2 unspecified atom stereocenters. The third kappa shape index (κ3) is 5.30. The predicted molar refractivity (Wildman–Crippen MR) is 125 cm³/mol. The SMILES string of the molecule is CCC(C)NC(=O)C(NC(=O)c1cccs1)C1CCN(C(=O)c2ccc3c(c2)OCO3)CC1. The molecule has 0 saturated carbocycles. The standard InChI is InChI=1S/C24H29N3O5S/c1-3-15(2)25-23(29)21(26-22(28)20-5-4-12-33-20)16-8-10-27(11-9-16)24(30)17-6-7-18-19(13-17)32-14-31-18/h4-7,12-13,15-16,21H,3,8-11,14H2,1-2H3,(H,25,29)(H,26,28). The molecule has 0 spiro atoms. The van der Waals surface area contributed by atoms with Crippen LogP contribution in [0.3, 0.4) is 0 Å². The van der Waals surface area contributed by atoms with Gasteiger partial charge in [0.15, 0.2) is 11.5 Å². The van der Waals surface area contributed by atoms with Crippen LogP contribution in [0, 0.1) is 5.92 Å². The number of likely N-dealkylation sites (tertiary alicyclic amines) is 1. The fourth-order valence-corrected chi connectivity index (χ4v) is 4.73. The van der Waals surface area contributed by atoms with Crippen molar-refractivity contribution in [2.75, 3.05) is 19.9 Å². The highest BCUT2D eigenvalue weighted by molar-refractivity contribution is 7.12. The van der Waals surface area contributed by atoms with E-state index in [1.165, 1.54) is 11.3 Å². The van der Waals surface area contributed by atoms with E-state index in [0.29, 0.717) is 47.9 Å². The number of carbonyl (C=O) groups is 3. The number of ether oxygens (including phenoxy) is 2. The Hall–Kier alpha value is -3.07. The summed E-state index contributed by atoms with van der Waals surface area (Å²) >= 11 is 1.34. The van der Waals surface area contributed by atoms with Crippen LogP contribution in [0.5, 0.6) is 11.5 Å². The lowest BCUT2D eigenvalue weighted by molar-refractivity contribution is -0.125. The number of rotatable bonds is 7. The Morgan fingerprint density at radius 2 is 1.88 bits per heavy atom. The van der Waals surface area contributed by atoms with E-state index in [4.69, 9.17) is 9.47 Å². The maximum absolute atomic E-state index is 13.0. The summed E-state index contributed by atoms with van der Waals surface area (Å²) in [5, 5.41) is 7.79. The van der Waals surface area contributed by atoms with Crippen molar-refractivity contribution in [3.63, 3.8) is 0 Å². The van der Waals surface area contributed by atoms with Crippen LogP contribution in [0.25, 0.3) is 0 Å². The Balaban J connectivity index is 1.41. The van der Waals surface area contributed by atoms with E-state index in [1.54, 1.807) is 29.2 Å². The number of hydrogen-bond donors (Lipinski definition) is 2. The van der Waals surface area contributed by atoms with Gasteiger partial charge in [0, 0.05) is 24.7 Å². The van der Waals surface area contributed by atoms with Crippen LogP contribution in [0.15, 0.2) is 35.7 Å². The zero-order chi connectivity index (χ0) is 23.4. The molecule has 1 aromatic carbocycles. The fraction of sp³-hybridized carbons (Fsp3) is 0.458. The summed E-state index contributed by atoms with van der Waals surface area (Å²) in [6, 6.07) is 8.14. The van der Waals surface area contributed by atoms with Gasteiger partial charge < -0.3 is 25.0 Å². The van der Waals surface area contributed by atoms with Gasteiger partial charge in [-0.3, -0.25) is 14.4 Å². The second-order valence-electron chi connectivity index (χ2n) is 8.44. The highest BCUT2D eigenvalue weighted by Crippen LogP contribution is 2.33. The number of hydrogen-bond acceptors (Lipinski definition) is 6. The van der Waals surface area contributed by atoms with Crippen molar-refractivity contribution in [2.45, 2.75) is 45.2 Å². The third-order valence-electron chi connectivity index (χ3n) is 6.23. The van der Waals surface area contributed by atoms with Crippen molar-refractivity contribution in [3.05, 3.63) is 46.2 Å². The highest BCUT2D eigenvalue weighted by Gasteiger charge is 2.35. The molecule has 1 fully saturated rings. The molecule has 3 amide bonds. The molecule has 2 aromatic rings. The maximum Gasteiger partial charge on any atom is 0.262 e. The Morgan fingerprint density at radius 3 is 2.58 bits per heavy atom. The topological polar surface area (TPSA) is 97.0 Å². The molecular weight excluding hydrogens is 442 g/mol. The number of nitrogens with zero attached hydrogens (tertiary/aromatic N) is 1. The van der Waals surface area contributed by atoms with E-state index in [-0.39, 0.29) is 36.5 Å². The summed E-state index contributed by atoms with van der Waals surface area (Å²) in [4.78, 5) is 41.1. The van der Waals surface area contributed by atoms with Crippen LogP contribution in [0.1, 0.15) is 53.1 Å². The minimum atomic E-state index is -0.642. The first-order chi connectivity index (χ1) is 16.0. The van der Waals surface area contributed by atoms with Crippen LogP contribution in [0.4, 0.5) is 0 Å². The summed E-state index contributed by atoms with van der Waals surface area (Å²) in [6.45, 7) is 5.14. The summed E-state index contributed by atoms with van der Waals surface area (Å²) in [5.74, 6) is 0.674. The van der Waals surface area contributed by atoms with E-state index in [1.807, 2.05) is 25.3 Å². The molecule has 0 aliphatic carbocycles. The largest absolute Gasteiger partial charge is 0.454 e. The summed E-state index contributed by atoms with van der Waals surface area (Å²) in [7, 11) is 0. The molecule has 8 nitrogen and oxygen atoms in total. The predicted octanol–water partition coefficient (Wildman–Crippen LogP) is 3.04. The number of nitrogens with one attached hydrogen (secondary N) is 2. The summed E-state index contributed by atoms with van der Waals surface area (Å²) in [6.07, 6.45) is 2.05. The van der Waals surface area contributed by atoms with E-state index in [0.717, 1.165) is 6.42 Å². The highest BCUT2D eigenvalue weighted by atomic mass is 32.1. The molecule has 33 heavy (non-hydrogen) atoms. The molecule has 2 aliphatic rings. The smallest absolute Gasteiger partial charge is 0.262 e. The number of benzene rings is 1. The Kier molecular flexibility index (Phi) is 7.17. The number of thiophene rings is 1. The average Bonchev–Trinajstić information content (AvgIpc) is 3.53. The van der Waals surface area contributed by atoms with Gasteiger partial charge in [-0.15, -0.1) is 11.3 Å². The first-order valence-electron chi connectivity index (χ1n) is 11.3. The fourth-order valence-electron chi connectivity index (χ4n) is 4.10. The zero-order valence-corrected chi connectivity index (χ0v) is 19.7. The van der Waals surface area contributed by atoms with Crippen LogP contribution in [-0.2, 0) is 4.79 Å². The molecule has 2 N–H and O–H groups in total. The molecule has 4 rings (SSSR count). The van der Waals surface area contributed by atoms with Crippen LogP contribution in [0.2, 0.25) is 0 Å². The molecular formula is C24H29N3O5S. The molecule has 1 aromatic heterocycles. The summed E-state index contributed by atoms with van der Waals surface area (Å²) in [5.41, 5.74) is 0.551. The minimum absolute atomic E-state index is 0.0197. The van der Waals surface area contributed by atoms with Gasteiger partial charge in [-0.05, 0) is 61.7 Å². The molecule has 0 bridgehead atoms. The number of carbonyl (C=O) groups excluding carboxylic acids is 3. The van der Waals surface area contributed by atoms with Gasteiger partial charge in [-0.2, -0.15) is 0 Å². The zero-order valence-electron chi connectivity index (χ0n) is 18.8. The molecule has 2 atom stereocenters. The van der Waals surface area contributed by atoms with Crippen molar-refractivity contribution in [1.29, 1.82) is 0 Å². The van der Waals surface area contributed by atoms with Gasteiger partial charge in [-0.25, -0.2) is 0 Å². The lowest BCUT2D eigenvalue weighted by atomic mass is 9.88. The van der Waals surface area contributed by atoms with Crippen molar-refractivity contribution in [3.8, 4) is 11.5 Å². The second-order valence-corrected chi connectivity index (χ2v) is 9.39. The average molecular weight is 472 g/mol. The number of fused-ring (bicyclic) bond motifs is 1.